The van der Waals surface area contributed by atoms with E-state index < -0.39 is 11.0 Å². The summed E-state index contributed by atoms with van der Waals surface area (Å²) in [7, 11) is 0. The van der Waals surface area contributed by atoms with Crippen molar-refractivity contribution in [3.8, 4) is 0 Å². The van der Waals surface area contributed by atoms with Crippen molar-refractivity contribution in [2.45, 2.75) is 45.6 Å². The molecule has 2 aliphatic rings. The highest BCUT2D eigenvalue weighted by atomic mass is 16.6. The Labute approximate surface area is 102 Å². The molecule has 1 fully saturated rings. The molecule has 0 saturated heterocycles. The molecule has 0 radical (unpaired) electrons. The molecule has 0 heterocycles. The molecule has 3 nitrogen and oxygen atoms in total. The predicted molar refractivity (Wildman–Crippen MR) is 64.4 cm³/mol. The lowest BCUT2D eigenvalue weighted by Gasteiger charge is -2.31. The first-order chi connectivity index (χ1) is 7.83. The maximum absolute atomic E-state index is 12.3. The summed E-state index contributed by atoms with van der Waals surface area (Å²) >= 11 is 0. The number of hydrogen-bond acceptors (Lipinski definition) is 3. The van der Waals surface area contributed by atoms with Gasteiger partial charge in [-0.15, -0.1) is 0 Å². The summed E-state index contributed by atoms with van der Waals surface area (Å²) in [6.45, 7) is 5.58. The molecule has 0 aromatic heterocycles. The van der Waals surface area contributed by atoms with Gasteiger partial charge in [-0.2, -0.15) is 0 Å². The molecule has 2 rings (SSSR count). The summed E-state index contributed by atoms with van der Waals surface area (Å²) in [5.74, 6) is -0.251. The lowest BCUT2D eigenvalue weighted by molar-refractivity contribution is -0.162. The number of ether oxygens (including phenoxy) is 1. The van der Waals surface area contributed by atoms with Gasteiger partial charge in [-0.25, -0.2) is 0 Å². The molecule has 1 saturated carbocycles. The smallest absolute Gasteiger partial charge is 0.320 e. The van der Waals surface area contributed by atoms with Crippen LogP contribution in [-0.2, 0) is 14.3 Å². The molecule has 0 N–H and O–H groups in total. The summed E-state index contributed by atoms with van der Waals surface area (Å²) < 4.78 is 5.47. The van der Waals surface area contributed by atoms with Gasteiger partial charge in [0.1, 0.15) is 11.0 Å². The van der Waals surface area contributed by atoms with Crippen LogP contribution in [0.1, 0.15) is 40.0 Å². The first-order valence-electron chi connectivity index (χ1n) is 6.01. The highest BCUT2D eigenvalue weighted by molar-refractivity contribution is 6.04. The Kier molecular flexibility index (Phi) is 2.72. The van der Waals surface area contributed by atoms with E-state index in [4.69, 9.17) is 4.74 Å². The zero-order valence-corrected chi connectivity index (χ0v) is 10.6. The number of ketones is 1. The maximum atomic E-state index is 12.3. The average Bonchev–Trinajstić information content (AvgIpc) is 2.58. The van der Waals surface area contributed by atoms with Crippen LogP contribution in [0.25, 0.3) is 0 Å². The molecule has 0 aliphatic heterocycles. The molecule has 0 bridgehead atoms. The third-order valence-corrected chi connectivity index (χ3v) is 3.20. The van der Waals surface area contributed by atoms with Crippen molar-refractivity contribution >= 4 is 11.8 Å². The van der Waals surface area contributed by atoms with E-state index in [1.165, 1.54) is 6.08 Å². The number of hydrogen-bond donors (Lipinski definition) is 0. The zero-order valence-electron chi connectivity index (χ0n) is 10.6. The number of rotatable bonds is 1. The molecule has 0 spiro atoms. The zero-order chi connectivity index (χ0) is 12.7. The van der Waals surface area contributed by atoms with Crippen molar-refractivity contribution in [3.05, 3.63) is 23.8 Å². The van der Waals surface area contributed by atoms with Crippen LogP contribution in [0.15, 0.2) is 23.8 Å². The minimum Gasteiger partial charge on any atom is -0.459 e. The summed E-state index contributed by atoms with van der Waals surface area (Å²) in [6.07, 6.45) is 7.30. The van der Waals surface area contributed by atoms with Crippen LogP contribution in [0, 0.1) is 5.41 Å². The van der Waals surface area contributed by atoms with Gasteiger partial charge in [0.25, 0.3) is 0 Å². The highest BCUT2D eigenvalue weighted by Gasteiger charge is 2.47. The van der Waals surface area contributed by atoms with Crippen LogP contribution in [0.4, 0.5) is 0 Å². The molecule has 2 aliphatic carbocycles. The molecule has 0 amide bonds. The first kappa shape index (κ1) is 12.1. The van der Waals surface area contributed by atoms with Crippen LogP contribution < -0.4 is 0 Å². The Morgan fingerprint density at radius 1 is 1.41 bits per heavy atom. The van der Waals surface area contributed by atoms with Gasteiger partial charge in [0.05, 0.1) is 0 Å². The minimum atomic E-state index is -0.665. The van der Waals surface area contributed by atoms with E-state index in [1.807, 2.05) is 20.8 Å². The van der Waals surface area contributed by atoms with Gasteiger partial charge in [0.15, 0.2) is 5.78 Å². The van der Waals surface area contributed by atoms with Crippen molar-refractivity contribution in [1.29, 1.82) is 0 Å². The van der Waals surface area contributed by atoms with Crippen molar-refractivity contribution in [3.63, 3.8) is 0 Å². The molecular weight excluding hydrogens is 216 g/mol. The number of carbonyl (C=O) groups excluding carboxylic acids is 2. The van der Waals surface area contributed by atoms with E-state index >= 15 is 0 Å². The van der Waals surface area contributed by atoms with Crippen molar-refractivity contribution < 1.29 is 14.3 Å². The van der Waals surface area contributed by atoms with Gasteiger partial charge in [-0.3, -0.25) is 9.59 Å². The SMILES string of the molecule is CC(C)(C)OC(=O)C12C=CC(=O)C=C1CCC2. The molecular formula is C14H18O3. The van der Waals surface area contributed by atoms with E-state index in [1.54, 1.807) is 12.2 Å². The largest absolute Gasteiger partial charge is 0.459 e. The van der Waals surface area contributed by atoms with E-state index in [-0.39, 0.29) is 11.8 Å². The van der Waals surface area contributed by atoms with E-state index in [2.05, 4.69) is 0 Å². The van der Waals surface area contributed by atoms with Crippen LogP contribution in [0.5, 0.6) is 0 Å². The number of allylic oxidation sites excluding steroid dienone is 2. The third kappa shape index (κ3) is 2.19. The lowest BCUT2D eigenvalue weighted by Crippen LogP contribution is -2.37. The van der Waals surface area contributed by atoms with E-state index in [0.29, 0.717) is 0 Å². The second-order valence-corrected chi connectivity index (χ2v) is 5.73. The Bertz CT molecular complexity index is 423. The third-order valence-electron chi connectivity index (χ3n) is 3.20. The molecule has 0 aromatic rings. The van der Waals surface area contributed by atoms with Gasteiger partial charge in [-0.05, 0) is 57.8 Å². The summed E-state index contributed by atoms with van der Waals surface area (Å²) in [5.41, 5.74) is -0.241. The molecule has 0 aromatic carbocycles. The number of fused-ring (bicyclic) bond motifs is 1. The average molecular weight is 234 g/mol. The standard InChI is InChI=1S/C14H18O3/c1-13(2,3)17-12(16)14-7-4-5-10(14)9-11(15)6-8-14/h6,8-9H,4-5,7H2,1-3H3. The van der Waals surface area contributed by atoms with Crippen LogP contribution >= 0.6 is 0 Å². The summed E-state index contributed by atoms with van der Waals surface area (Å²) in [6, 6.07) is 0. The summed E-state index contributed by atoms with van der Waals surface area (Å²) in [5, 5.41) is 0. The fourth-order valence-electron chi connectivity index (χ4n) is 2.45. The monoisotopic (exact) mass is 234 g/mol. The highest BCUT2D eigenvalue weighted by Crippen LogP contribution is 2.47. The molecule has 17 heavy (non-hydrogen) atoms. The Morgan fingerprint density at radius 2 is 2.12 bits per heavy atom. The van der Waals surface area contributed by atoms with Gasteiger partial charge >= 0.3 is 5.97 Å². The first-order valence-corrected chi connectivity index (χ1v) is 6.01. The fourth-order valence-corrected chi connectivity index (χ4v) is 2.45. The fraction of sp³-hybridized carbons (Fsp3) is 0.571. The second-order valence-electron chi connectivity index (χ2n) is 5.73. The topological polar surface area (TPSA) is 43.4 Å². The summed E-state index contributed by atoms with van der Waals surface area (Å²) in [4.78, 5) is 23.6. The molecule has 1 unspecified atom stereocenters. The van der Waals surface area contributed by atoms with Gasteiger partial charge in [0, 0.05) is 0 Å². The van der Waals surface area contributed by atoms with E-state index in [9.17, 15) is 9.59 Å². The number of carbonyl (C=O) groups is 2. The van der Waals surface area contributed by atoms with Crippen LogP contribution in [0.2, 0.25) is 0 Å². The normalized spacial score (nSPS) is 27.7. The Hall–Kier alpha value is -1.38. The van der Waals surface area contributed by atoms with Crippen molar-refractivity contribution in [2.75, 3.05) is 0 Å². The van der Waals surface area contributed by atoms with Gasteiger partial charge in [-0.1, -0.05) is 6.08 Å². The molecule has 3 heteroatoms. The minimum absolute atomic E-state index is 0.0268. The van der Waals surface area contributed by atoms with Crippen LogP contribution in [-0.4, -0.2) is 17.4 Å². The van der Waals surface area contributed by atoms with Crippen molar-refractivity contribution in [1.82, 2.24) is 0 Å². The van der Waals surface area contributed by atoms with E-state index in [0.717, 1.165) is 24.8 Å². The number of esters is 1. The second kappa shape index (κ2) is 3.83. The molecule has 1 atom stereocenters. The molecule has 92 valence electrons. The van der Waals surface area contributed by atoms with Crippen molar-refractivity contribution in [2.24, 2.45) is 5.41 Å². The predicted octanol–water partition coefficient (Wildman–Crippen LogP) is 2.56. The quantitative estimate of drug-likeness (QED) is 0.655. The van der Waals surface area contributed by atoms with Gasteiger partial charge in [0.2, 0.25) is 0 Å². The lowest BCUT2D eigenvalue weighted by atomic mass is 9.78. The Balaban J connectivity index is 2.29. The maximum Gasteiger partial charge on any atom is 0.320 e. The Morgan fingerprint density at radius 3 is 2.76 bits per heavy atom. The van der Waals surface area contributed by atoms with Gasteiger partial charge < -0.3 is 4.74 Å². The van der Waals surface area contributed by atoms with Crippen LogP contribution in [0.3, 0.4) is 0 Å².